The van der Waals surface area contributed by atoms with Gasteiger partial charge >= 0.3 is 0 Å². The molecule has 20 heavy (non-hydrogen) atoms. The van der Waals surface area contributed by atoms with E-state index in [0.717, 1.165) is 38.7 Å². The molecule has 4 heteroatoms. The molecular formula is C16H24N4. The van der Waals surface area contributed by atoms with Crippen molar-refractivity contribution in [2.24, 2.45) is 4.99 Å². The third kappa shape index (κ3) is 2.80. The van der Waals surface area contributed by atoms with Crippen molar-refractivity contribution in [2.45, 2.75) is 25.9 Å². The van der Waals surface area contributed by atoms with E-state index in [2.05, 4.69) is 58.3 Å². The summed E-state index contributed by atoms with van der Waals surface area (Å²) in [6.45, 7) is 7.45. The Hall–Kier alpha value is -1.55. The topological polar surface area (TPSA) is 30.9 Å². The summed E-state index contributed by atoms with van der Waals surface area (Å²) < 4.78 is 0. The summed E-state index contributed by atoms with van der Waals surface area (Å²) >= 11 is 0. The van der Waals surface area contributed by atoms with E-state index < -0.39 is 0 Å². The van der Waals surface area contributed by atoms with Gasteiger partial charge in [-0.25, -0.2) is 0 Å². The molecular weight excluding hydrogens is 248 g/mol. The van der Waals surface area contributed by atoms with Gasteiger partial charge in [-0.05, 0) is 24.5 Å². The fraction of sp³-hybridized carbons (Fsp3) is 0.562. The molecule has 1 aromatic rings. The lowest BCUT2D eigenvalue weighted by Gasteiger charge is -2.34. The Morgan fingerprint density at radius 2 is 2.05 bits per heavy atom. The second kappa shape index (κ2) is 5.83. The number of nitrogens with one attached hydrogen (secondary N) is 1. The monoisotopic (exact) mass is 272 g/mol. The standard InChI is InChI=1S/C16H24N4/c1-13(11-18-16-17-8-10-19(16)2)20-9-7-14-5-3-4-6-15(14)12-20/h3-6,13H,7-12H2,1-2H3,(H,17,18). The Bertz CT molecular complexity index is 497. The molecule has 2 aliphatic rings. The minimum Gasteiger partial charge on any atom is -0.355 e. The van der Waals surface area contributed by atoms with Crippen molar-refractivity contribution >= 4 is 5.96 Å². The first-order chi connectivity index (χ1) is 9.74. The SMILES string of the molecule is CC(CNC1=NCCN1C)N1CCc2ccccc2C1. The van der Waals surface area contributed by atoms with E-state index in [4.69, 9.17) is 0 Å². The van der Waals surface area contributed by atoms with Crippen LogP contribution in [0.15, 0.2) is 29.3 Å². The number of hydrogen-bond acceptors (Lipinski definition) is 4. The molecule has 0 aliphatic carbocycles. The molecule has 0 spiro atoms. The third-order valence-corrected chi connectivity index (χ3v) is 4.40. The Labute approximate surface area is 121 Å². The lowest BCUT2D eigenvalue weighted by Crippen LogP contribution is -2.46. The van der Waals surface area contributed by atoms with Crippen molar-refractivity contribution in [1.29, 1.82) is 0 Å². The summed E-state index contributed by atoms with van der Waals surface area (Å²) in [7, 11) is 2.10. The third-order valence-electron chi connectivity index (χ3n) is 4.40. The van der Waals surface area contributed by atoms with E-state index in [-0.39, 0.29) is 0 Å². The van der Waals surface area contributed by atoms with Crippen LogP contribution in [0.5, 0.6) is 0 Å². The summed E-state index contributed by atoms with van der Waals surface area (Å²) in [6, 6.07) is 9.34. The molecule has 1 unspecified atom stereocenters. The second-order valence-electron chi connectivity index (χ2n) is 5.85. The van der Waals surface area contributed by atoms with E-state index in [1.165, 1.54) is 17.5 Å². The van der Waals surface area contributed by atoms with Crippen LogP contribution in [0.1, 0.15) is 18.1 Å². The van der Waals surface area contributed by atoms with Crippen molar-refractivity contribution in [1.82, 2.24) is 15.1 Å². The Morgan fingerprint density at radius 1 is 1.25 bits per heavy atom. The fourth-order valence-corrected chi connectivity index (χ4v) is 2.99. The predicted octanol–water partition coefficient (Wildman–Crippen LogP) is 1.32. The fourth-order valence-electron chi connectivity index (χ4n) is 2.99. The molecule has 1 N–H and O–H groups in total. The highest BCUT2D eigenvalue weighted by molar-refractivity contribution is 5.81. The van der Waals surface area contributed by atoms with Gasteiger partial charge < -0.3 is 10.2 Å². The molecule has 0 aromatic heterocycles. The average Bonchev–Trinajstić information content (AvgIpc) is 2.89. The highest BCUT2D eigenvalue weighted by Crippen LogP contribution is 2.19. The number of rotatable bonds is 3. The zero-order chi connectivity index (χ0) is 13.9. The van der Waals surface area contributed by atoms with Crippen LogP contribution in [0.4, 0.5) is 0 Å². The minimum absolute atomic E-state index is 0.528. The molecule has 0 bridgehead atoms. The normalized spacial score (nSPS) is 20.5. The van der Waals surface area contributed by atoms with E-state index in [0.29, 0.717) is 6.04 Å². The first-order valence-corrected chi connectivity index (χ1v) is 7.54. The predicted molar refractivity (Wildman–Crippen MR) is 83.0 cm³/mol. The number of benzene rings is 1. The van der Waals surface area contributed by atoms with E-state index in [1.807, 2.05) is 0 Å². The van der Waals surface area contributed by atoms with Crippen LogP contribution >= 0.6 is 0 Å². The number of hydrogen-bond donors (Lipinski definition) is 1. The summed E-state index contributed by atoms with van der Waals surface area (Å²) in [4.78, 5) is 9.24. The number of aliphatic imine (C=N–C) groups is 1. The molecule has 1 atom stereocenters. The van der Waals surface area contributed by atoms with Crippen molar-refractivity contribution in [3.05, 3.63) is 35.4 Å². The molecule has 2 aliphatic heterocycles. The molecule has 4 nitrogen and oxygen atoms in total. The number of likely N-dealkylation sites (N-methyl/N-ethyl adjacent to an activating group) is 1. The molecule has 0 fully saturated rings. The summed E-state index contributed by atoms with van der Waals surface area (Å²) in [5.41, 5.74) is 3.00. The number of nitrogens with zero attached hydrogens (tertiary/aromatic N) is 3. The quantitative estimate of drug-likeness (QED) is 0.900. The first-order valence-electron chi connectivity index (χ1n) is 7.54. The van der Waals surface area contributed by atoms with Crippen LogP contribution in [0, 0.1) is 0 Å². The molecule has 3 rings (SSSR count). The van der Waals surface area contributed by atoms with Crippen LogP contribution in [-0.4, -0.2) is 55.0 Å². The Kier molecular flexibility index (Phi) is 3.92. The maximum absolute atomic E-state index is 4.48. The van der Waals surface area contributed by atoms with Crippen LogP contribution in [0.2, 0.25) is 0 Å². The first kappa shape index (κ1) is 13.4. The molecule has 2 heterocycles. The van der Waals surface area contributed by atoms with Gasteiger partial charge in [0.05, 0.1) is 6.54 Å². The lowest BCUT2D eigenvalue weighted by atomic mass is 9.99. The van der Waals surface area contributed by atoms with Gasteiger partial charge in [-0.2, -0.15) is 0 Å². The highest BCUT2D eigenvalue weighted by Gasteiger charge is 2.21. The van der Waals surface area contributed by atoms with Crippen LogP contribution < -0.4 is 5.32 Å². The summed E-state index contributed by atoms with van der Waals surface area (Å²) in [6.07, 6.45) is 1.17. The number of guanidine groups is 1. The van der Waals surface area contributed by atoms with Crippen LogP contribution in [0.25, 0.3) is 0 Å². The van der Waals surface area contributed by atoms with Crippen molar-refractivity contribution in [3.8, 4) is 0 Å². The maximum Gasteiger partial charge on any atom is 0.193 e. The van der Waals surface area contributed by atoms with E-state index >= 15 is 0 Å². The zero-order valence-electron chi connectivity index (χ0n) is 12.5. The zero-order valence-corrected chi connectivity index (χ0v) is 12.5. The van der Waals surface area contributed by atoms with Crippen molar-refractivity contribution < 1.29 is 0 Å². The minimum atomic E-state index is 0.528. The average molecular weight is 272 g/mol. The van der Waals surface area contributed by atoms with Gasteiger partial charge in [0, 0.05) is 39.3 Å². The van der Waals surface area contributed by atoms with Crippen molar-refractivity contribution in [3.63, 3.8) is 0 Å². The molecule has 1 aromatic carbocycles. The van der Waals surface area contributed by atoms with Crippen molar-refractivity contribution in [2.75, 3.05) is 33.2 Å². The molecule has 0 saturated heterocycles. The van der Waals surface area contributed by atoms with Gasteiger partial charge in [-0.1, -0.05) is 24.3 Å². The lowest BCUT2D eigenvalue weighted by molar-refractivity contribution is 0.190. The van der Waals surface area contributed by atoms with Gasteiger partial charge in [-0.15, -0.1) is 0 Å². The molecule has 108 valence electrons. The van der Waals surface area contributed by atoms with Gasteiger partial charge in [0.25, 0.3) is 0 Å². The Morgan fingerprint density at radius 3 is 2.80 bits per heavy atom. The maximum atomic E-state index is 4.48. The van der Waals surface area contributed by atoms with Gasteiger partial charge in [-0.3, -0.25) is 9.89 Å². The van der Waals surface area contributed by atoms with Crippen LogP contribution in [0.3, 0.4) is 0 Å². The summed E-state index contributed by atoms with van der Waals surface area (Å²) in [5, 5.41) is 3.49. The highest BCUT2D eigenvalue weighted by atomic mass is 15.3. The van der Waals surface area contributed by atoms with E-state index in [9.17, 15) is 0 Å². The second-order valence-corrected chi connectivity index (χ2v) is 5.85. The summed E-state index contributed by atoms with van der Waals surface area (Å²) in [5.74, 6) is 1.05. The molecule has 0 radical (unpaired) electrons. The van der Waals surface area contributed by atoms with Gasteiger partial charge in [0.15, 0.2) is 5.96 Å². The smallest absolute Gasteiger partial charge is 0.193 e. The van der Waals surface area contributed by atoms with Crippen LogP contribution in [-0.2, 0) is 13.0 Å². The van der Waals surface area contributed by atoms with Gasteiger partial charge in [0.2, 0.25) is 0 Å². The Balaban J connectivity index is 1.55. The van der Waals surface area contributed by atoms with Gasteiger partial charge in [0.1, 0.15) is 0 Å². The van der Waals surface area contributed by atoms with E-state index in [1.54, 1.807) is 0 Å². The largest absolute Gasteiger partial charge is 0.355 e. The number of fused-ring (bicyclic) bond motifs is 1. The molecule has 0 amide bonds. The molecule has 0 saturated carbocycles.